The molecule has 6 nitrogen and oxygen atoms in total. The van der Waals surface area contributed by atoms with Gasteiger partial charge in [0.25, 0.3) is 5.84 Å². The number of hydrogen-bond acceptors (Lipinski definition) is 3. The lowest BCUT2D eigenvalue weighted by atomic mass is 9.79. The topological polar surface area (TPSA) is 127 Å². The van der Waals surface area contributed by atoms with E-state index in [0.29, 0.717) is 17.1 Å². The Hall–Kier alpha value is -4.58. The molecule has 0 aliphatic carbocycles. The molecule has 174 valence electrons. The average molecular weight is 464 g/mol. The molecule has 0 aromatic heterocycles. The van der Waals surface area contributed by atoms with Gasteiger partial charge in [0.05, 0.1) is 17.2 Å². The van der Waals surface area contributed by atoms with E-state index in [0.717, 1.165) is 34.4 Å². The van der Waals surface area contributed by atoms with Gasteiger partial charge in [-0.1, -0.05) is 48.5 Å². The minimum Gasteiger partial charge on any atom is -0.478 e. The van der Waals surface area contributed by atoms with Crippen molar-refractivity contribution in [3.8, 4) is 11.1 Å². The first kappa shape index (κ1) is 22.2. The number of aromatic carboxylic acids is 1. The minimum absolute atomic E-state index is 0.0306. The summed E-state index contributed by atoms with van der Waals surface area (Å²) in [6.45, 7) is 0. The van der Waals surface area contributed by atoms with Crippen molar-refractivity contribution in [3.63, 3.8) is 0 Å². The molecule has 6 heteroatoms. The number of anilines is 2. The lowest BCUT2D eigenvalue weighted by molar-refractivity contribution is -0.114. The highest BCUT2D eigenvalue weighted by molar-refractivity contribution is 5.96. The van der Waals surface area contributed by atoms with E-state index in [4.69, 9.17) is 16.9 Å². The average Bonchev–Trinajstić information content (AvgIpc) is 2.87. The van der Waals surface area contributed by atoms with E-state index in [1.165, 1.54) is 5.56 Å². The lowest BCUT2D eigenvalue weighted by Crippen LogP contribution is -2.46. The predicted octanol–water partition coefficient (Wildman–Crippen LogP) is 3.79. The van der Waals surface area contributed by atoms with Gasteiger partial charge in [-0.15, -0.1) is 0 Å². The molecule has 0 saturated heterocycles. The number of carboxylic acid groups (broad SMARTS) is 1. The van der Waals surface area contributed by atoms with Gasteiger partial charge in [-0.05, 0) is 76.7 Å². The number of hydrogen-bond donors (Lipinski definition) is 5. The van der Waals surface area contributed by atoms with Gasteiger partial charge < -0.3 is 16.2 Å². The normalized spacial score (nSPS) is 16.7. The fourth-order valence-electron chi connectivity index (χ4n) is 4.95. The van der Waals surface area contributed by atoms with Crippen LogP contribution < -0.4 is 22.2 Å². The van der Waals surface area contributed by atoms with Crippen molar-refractivity contribution in [1.82, 2.24) is 0 Å². The van der Waals surface area contributed by atoms with Gasteiger partial charge in [0.1, 0.15) is 0 Å². The van der Waals surface area contributed by atoms with Crippen molar-refractivity contribution in [3.05, 3.63) is 119 Å². The first-order valence-electron chi connectivity index (χ1n) is 11.5. The third kappa shape index (κ3) is 4.34. The number of carboxylic acids is 1. The molecule has 0 spiro atoms. The standard InChI is InChI=1S/C29H26N4O2/c30-21-13-19(22-8-4-5-9-23(22)29(34)35)12-20(14-21)27-16-24(17-6-2-1-3-7-17)25-15-18(28(31)32)10-11-26(25)33-27/h1-15,24,27,33H,16,30H2,(H3,31,32)(H,34,35)/p+1/t24-,27+/m1/s1. The zero-order valence-electron chi connectivity index (χ0n) is 19.1. The Labute approximate surface area is 203 Å². The van der Waals surface area contributed by atoms with Crippen molar-refractivity contribution < 1.29 is 15.3 Å². The minimum atomic E-state index is -0.967. The number of nitrogens with two attached hydrogens (primary N) is 3. The third-order valence-electron chi connectivity index (χ3n) is 6.61. The van der Waals surface area contributed by atoms with Crippen molar-refractivity contribution in [2.75, 3.05) is 11.1 Å². The number of benzene rings is 4. The van der Waals surface area contributed by atoms with E-state index in [2.05, 4.69) is 23.5 Å². The monoisotopic (exact) mass is 463 g/mol. The first-order chi connectivity index (χ1) is 16.9. The summed E-state index contributed by atoms with van der Waals surface area (Å²) in [7, 11) is 0. The van der Waals surface area contributed by atoms with Crippen LogP contribution in [0.25, 0.3) is 11.1 Å². The van der Waals surface area contributed by atoms with Crippen molar-refractivity contribution in [2.45, 2.75) is 18.4 Å². The van der Waals surface area contributed by atoms with E-state index < -0.39 is 5.97 Å². The van der Waals surface area contributed by atoms with Crippen LogP contribution in [0.4, 0.5) is 11.4 Å². The van der Waals surface area contributed by atoms with Gasteiger partial charge in [-0.25, -0.2) is 4.79 Å². The smallest absolute Gasteiger partial charge is 0.336 e. The van der Waals surface area contributed by atoms with Crippen LogP contribution >= 0.6 is 0 Å². The summed E-state index contributed by atoms with van der Waals surface area (Å²) < 4.78 is 0. The molecule has 4 aromatic carbocycles. The molecule has 0 unspecified atom stereocenters. The maximum absolute atomic E-state index is 11.8. The molecule has 1 aliphatic rings. The fourth-order valence-corrected chi connectivity index (χ4v) is 4.95. The number of carbonyl (C=O) groups is 1. The maximum Gasteiger partial charge on any atom is 0.336 e. The highest BCUT2D eigenvalue weighted by Crippen LogP contribution is 2.44. The van der Waals surface area contributed by atoms with E-state index in [9.17, 15) is 9.90 Å². The van der Waals surface area contributed by atoms with Gasteiger partial charge in [-0.3, -0.25) is 11.1 Å². The number of nitrogen functional groups attached to an aromatic ring is 1. The van der Waals surface area contributed by atoms with Gasteiger partial charge >= 0.3 is 5.97 Å². The van der Waals surface area contributed by atoms with Crippen LogP contribution in [0.1, 0.15) is 51.0 Å². The Balaban J connectivity index is 1.60. The molecule has 0 saturated carbocycles. The Morgan fingerprint density at radius 1 is 0.914 bits per heavy atom. The van der Waals surface area contributed by atoms with Crippen LogP contribution in [-0.2, 0) is 0 Å². The summed E-state index contributed by atoms with van der Waals surface area (Å²) in [5, 5.41) is 19.2. The van der Waals surface area contributed by atoms with Gasteiger partial charge in [0.2, 0.25) is 0 Å². The Bertz CT molecular complexity index is 1430. The fraction of sp³-hybridized carbons (Fsp3) is 0.103. The summed E-state index contributed by atoms with van der Waals surface area (Å²) in [6, 6.07) is 29.1. The third-order valence-corrected chi connectivity index (χ3v) is 6.61. The number of rotatable bonds is 5. The molecule has 2 atom stereocenters. The van der Waals surface area contributed by atoms with Crippen LogP contribution in [0, 0.1) is 0 Å². The highest BCUT2D eigenvalue weighted by atomic mass is 16.4. The van der Waals surface area contributed by atoms with E-state index in [-0.39, 0.29) is 17.5 Å². The summed E-state index contributed by atoms with van der Waals surface area (Å²) in [6.07, 6.45) is 0.786. The van der Waals surface area contributed by atoms with Crippen LogP contribution in [-0.4, -0.2) is 16.9 Å². The Morgan fingerprint density at radius 2 is 1.66 bits per heavy atom. The molecule has 1 aliphatic heterocycles. The zero-order valence-corrected chi connectivity index (χ0v) is 19.1. The van der Waals surface area contributed by atoms with Gasteiger partial charge in [0, 0.05) is 17.3 Å². The van der Waals surface area contributed by atoms with Crippen molar-refractivity contribution in [1.29, 1.82) is 0 Å². The quantitative estimate of drug-likeness (QED) is 0.175. The number of nitrogens with one attached hydrogen (secondary N) is 1. The molecule has 0 bridgehead atoms. The molecule has 1 heterocycles. The molecule has 8 N–H and O–H groups in total. The largest absolute Gasteiger partial charge is 0.478 e. The molecule has 4 aromatic rings. The van der Waals surface area contributed by atoms with Crippen molar-refractivity contribution >= 4 is 23.2 Å². The second-order valence-electron chi connectivity index (χ2n) is 8.89. The molecule has 5 rings (SSSR count). The summed E-state index contributed by atoms with van der Waals surface area (Å²) in [5.74, 6) is -0.558. The van der Waals surface area contributed by atoms with Crippen LogP contribution in [0.15, 0.2) is 91.0 Å². The lowest BCUT2D eigenvalue weighted by Gasteiger charge is -2.34. The van der Waals surface area contributed by atoms with Gasteiger partial charge in [-0.2, -0.15) is 0 Å². The van der Waals surface area contributed by atoms with E-state index in [1.807, 2.05) is 60.7 Å². The Kier molecular flexibility index (Phi) is 5.71. The van der Waals surface area contributed by atoms with E-state index in [1.54, 1.807) is 12.1 Å². The SMILES string of the molecule is NC(=[NH2+])c1ccc2c(c1)[C@@H](c1ccccc1)C[C@@H](c1cc(N)cc(-c3ccccc3C(=O)O)c1)N2. The molecular formula is C29H27N4O2+. The van der Waals surface area contributed by atoms with Crippen LogP contribution in [0.5, 0.6) is 0 Å². The molecular weight excluding hydrogens is 436 g/mol. The molecule has 35 heavy (non-hydrogen) atoms. The second-order valence-corrected chi connectivity index (χ2v) is 8.89. The summed E-state index contributed by atoms with van der Waals surface area (Å²) >= 11 is 0. The number of fused-ring (bicyclic) bond motifs is 1. The summed E-state index contributed by atoms with van der Waals surface area (Å²) in [5.41, 5.74) is 19.6. The molecule has 0 amide bonds. The number of amidine groups is 1. The zero-order chi connectivity index (χ0) is 24.5. The van der Waals surface area contributed by atoms with Crippen LogP contribution in [0.2, 0.25) is 0 Å². The van der Waals surface area contributed by atoms with E-state index >= 15 is 0 Å². The van der Waals surface area contributed by atoms with Crippen molar-refractivity contribution in [2.24, 2.45) is 5.73 Å². The van der Waals surface area contributed by atoms with Gasteiger partial charge in [0.15, 0.2) is 0 Å². The molecule has 0 radical (unpaired) electrons. The second kappa shape index (κ2) is 8.99. The maximum atomic E-state index is 11.8. The highest BCUT2D eigenvalue weighted by Gasteiger charge is 2.30. The first-order valence-corrected chi connectivity index (χ1v) is 11.5. The Morgan fingerprint density at radius 3 is 2.40 bits per heavy atom. The predicted molar refractivity (Wildman–Crippen MR) is 139 cm³/mol. The molecule has 0 fully saturated rings. The van der Waals surface area contributed by atoms with Crippen LogP contribution in [0.3, 0.4) is 0 Å². The summed E-state index contributed by atoms with van der Waals surface area (Å²) in [4.78, 5) is 11.8.